The highest BCUT2D eigenvalue weighted by atomic mass is 16.7. The number of ether oxygens (including phenoxy) is 5. The van der Waals surface area contributed by atoms with Crippen LogP contribution in [0.15, 0.2) is 20.9 Å². The fraction of sp³-hybridized carbons (Fsp3) is 0.818. The van der Waals surface area contributed by atoms with E-state index >= 15 is 0 Å². The predicted octanol–water partition coefficient (Wildman–Crippen LogP) is -4.55. The lowest BCUT2D eigenvalue weighted by atomic mass is 9.96. The Morgan fingerprint density at radius 2 is 1.68 bits per heavy atom. The van der Waals surface area contributed by atoms with Gasteiger partial charge in [0.1, 0.15) is 55.0 Å². The summed E-state index contributed by atoms with van der Waals surface area (Å²) in [4.78, 5) is 28.7. The SMILES string of the molecule is Cc1cn([C@H]2C[C@H](O)[C@@H](CO[C@H]3O[C@H](CO)[C@@H](O[C@@H]4O[C@H](CO)[C@H](O)[C@H](O)[C@H]4O)[C@H](O)[C@@H]3N=[N+]=[N-])O2)c(=O)[nH]c1=O. The van der Waals surface area contributed by atoms with Gasteiger partial charge in [-0.2, -0.15) is 0 Å². The fourth-order valence-corrected chi connectivity index (χ4v) is 4.90. The number of azide groups is 1. The molecule has 0 aliphatic carbocycles. The number of aromatic nitrogens is 2. The van der Waals surface area contributed by atoms with Crippen LogP contribution in [0.1, 0.15) is 18.2 Å². The van der Waals surface area contributed by atoms with Crippen LogP contribution in [0.2, 0.25) is 0 Å². The molecule has 230 valence electrons. The Labute approximate surface area is 230 Å². The summed E-state index contributed by atoms with van der Waals surface area (Å²) in [6.45, 7) is -0.378. The van der Waals surface area contributed by atoms with Crippen molar-refractivity contribution in [1.82, 2.24) is 9.55 Å². The minimum atomic E-state index is -1.82. The van der Waals surface area contributed by atoms with Crippen molar-refractivity contribution >= 4 is 0 Å². The summed E-state index contributed by atoms with van der Waals surface area (Å²) in [6.07, 6.45) is -16.1. The van der Waals surface area contributed by atoms with E-state index in [0.717, 1.165) is 4.57 Å². The van der Waals surface area contributed by atoms with Gasteiger partial charge < -0.3 is 59.4 Å². The molecule has 0 bridgehead atoms. The first-order chi connectivity index (χ1) is 19.5. The van der Waals surface area contributed by atoms with Crippen LogP contribution in [0, 0.1) is 6.92 Å². The third-order valence-corrected chi connectivity index (χ3v) is 7.23. The second kappa shape index (κ2) is 13.2. The van der Waals surface area contributed by atoms with Gasteiger partial charge in [-0.15, -0.1) is 0 Å². The van der Waals surface area contributed by atoms with Crippen molar-refractivity contribution in [2.24, 2.45) is 5.11 Å². The minimum Gasteiger partial charge on any atom is -0.394 e. The summed E-state index contributed by atoms with van der Waals surface area (Å²) in [6, 6.07) is -1.49. The zero-order chi connectivity index (χ0) is 30.0. The molecule has 1 aromatic heterocycles. The Hall–Kier alpha value is -2.49. The van der Waals surface area contributed by atoms with Crippen molar-refractivity contribution in [2.75, 3.05) is 19.8 Å². The summed E-state index contributed by atoms with van der Waals surface area (Å²) in [5.41, 5.74) is 8.03. The van der Waals surface area contributed by atoms with Gasteiger partial charge in [-0.05, 0) is 12.5 Å². The quantitative estimate of drug-likeness (QED) is 0.0762. The number of hydrogen-bond acceptors (Lipinski definition) is 15. The van der Waals surface area contributed by atoms with E-state index in [1.54, 1.807) is 0 Å². The highest BCUT2D eigenvalue weighted by molar-refractivity contribution is 5.02. The van der Waals surface area contributed by atoms with Crippen LogP contribution in [0.25, 0.3) is 10.4 Å². The van der Waals surface area contributed by atoms with Gasteiger partial charge in [0.05, 0.1) is 32.0 Å². The van der Waals surface area contributed by atoms with Gasteiger partial charge in [0, 0.05) is 23.1 Å². The Morgan fingerprint density at radius 3 is 2.34 bits per heavy atom. The Bertz CT molecular complexity index is 1210. The second-order valence-corrected chi connectivity index (χ2v) is 9.95. The Morgan fingerprint density at radius 1 is 1.00 bits per heavy atom. The lowest BCUT2D eigenvalue weighted by Crippen LogP contribution is -2.64. The van der Waals surface area contributed by atoms with Crippen LogP contribution < -0.4 is 11.2 Å². The molecule has 0 unspecified atom stereocenters. The molecule has 19 nitrogen and oxygen atoms in total. The van der Waals surface area contributed by atoms with Crippen molar-refractivity contribution in [1.29, 1.82) is 0 Å². The van der Waals surface area contributed by atoms with E-state index in [1.165, 1.54) is 13.1 Å². The molecule has 3 saturated heterocycles. The average molecular weight is 592 g/mol. The summed E-state index contributed by atoms with van der Waals surface area (Å²) in [5.74, 6) is 0. The topological polar surface area (TPSA) is 291 Å². The Kier molecular flexibility index (Phi) is 10.1. The number of rotatable bonds is 9. The molecule has 0 aromatic carbocycles. The molecule has 4 heterocycles. The normalized spacial score (nSPS) is 41.2. The minimum absolute atomic E-state index is 0.0262. The summed E-state index contributed by atoms with van der Waals surface area (Å²) in [7, 11) is 0. The molecule has 4 rings (SSSR count). The predicted molar refractivity (Wildman–Crippen MR) is 130 cm³/mol. The number of nitrogens with zero attached hydrogens (tertiary/aromatic N) is 4. The van der Waals surface area contributed by atoms with Crippen LogP contribution in [0.3, 0.4) is 0 Å². The van der Waals surface area contributed by atoms with Gasteiger partial charge in [0.25, 0.3) is 5.56 Å². The number of aliphatic hydroxyl groups excluding tert-OH is 7. The maximum atomic E-state index is 12.2. The van der Waals surface area contributed by atoms with Gasteiger partial charge in [0.15, 0.2) is 12.6 Å². The molecule has 19 heteroatoms. The highest BCUT2D eigenvalue weighted by Crippen LogP contribution is 2.32. The molecular formula is C22H33N5O14. The third-order valence-electron chi connectivity index (χ3n) is 7.23. The van der Waals surface area contributed by atoms with E-state index < -0.39 is 104 Å². The molecule has 41 heavy (non-hydrogen) atoms. The zero-order valence-electron chi connectivity index (χ0n) is 21.7. The molecule has 1 aromatic rings. The van der Waals surface area contributed by atoms with Crippen LogP contribution in [-0.4, -0.2) is 139 Å². The van der Waals surface area contributed by atoms with Crippen LogP contribution in [0.4, 0.5) is 0 Å². The lowest BCUT2D eigenvalue weighted by molar-refractivity contribution is -0.348. The van der Waals surface area contributed by atoms with Crippen molar-refractivity contribution in [3.05, 3.63) is 43.0 Å². The van der Waals surface area contributed by atoms with Crippen molar-refractivity contribution in [2.45, 2.75) is 93.1 Å². The van der Waals surface area contributed by atoms with Crippen LogP contribution >= 0.6 is 0 Å². The van der Waals surface area contributed by atoms with Crippen LogP contribution in [-0.2, 0) is 23.7 Å². The lowest BCUT2D eigenvalue weighted by Gasteiger charge is -2.46. The average Bonchev–Trinajstić information content (AvgIpc) is 3.32. The van der Waals surface area contributed by atoms with E-state index in [0.29, 0.717) is 0 Å². The number of nitrogens with one attached hydrogen (secondary N) is 1. The highest BCUT2D eigenvalue weighted by Gasteiger charge is 2.51. The number of aliphatic hydroxyl groups is 7. The molecule has 0 amide bonds. The summed E-state index contributed by atoms with van der Waals surface area (Å²) in [5, 5.41) is 74.6. The molecule has 13 atom stereocenters. The third kappa shape index (κ3) is 6.47. The molecule has 3 aliphatic rings. The molecule has 8 N–H and O–H groups in total. The van der Waals surface area contributed by atoms with Gasteiger partial charge in [-0.1, -0.05) is 5.11 Å². The standard InChI is InChI=1S/C22H33N5O14/c1-7-3-27(22(36)24-19(7)35)12-2-8(30)11(38-12)6-37-20-13(25-26-23)15(32)18(10(5-29)40-20)41-21-17(34)16(33)14(31)9(4-28)39-21/h3,8-18,20-21,28-34H,2,4-6H2,1H3,(H,24,35,36)/t8-,9+,10+,11+,12+,13-,14-,15+,16-,17+,18+,20-,21-/m0/s1. The van der Waals surface area contributed by atoms with E-state index in [4.69, 9.17) is 29.2 Å². The molecule has 0 radical (unpaired) electrons. The van der Waals surface area contributed by atoms with Crippen molar-refractivity contribution < 1.29 is 59.4 Å². The first-order valence-corrected chi connectivity index (χ1v) is 12.7. The Balaban J connectivity index is 1.44. The molecule has 3 aliphatic heterocycles. The molecule has 3 fully saturated rings. The number of H-pyrrole nitrogens is 1. The van der Waals surface area contributed by atoms with Crippen LogP contribution in [0.5, 0.6) is 0 Å². The summed E-state index contributed by atoms with van der Waals surface area (Å²) >= 11 is 0. The van der Waals surface area contributed by atoms with E-state index in [2.05, 4.69) is 15.0 Å². The van der Waals surface area contributed by atoms with E-state index in [1.807, 2.05) is 0 Å². The summed E-state index contributed by atoms with van der Waals surface area (Å²) < 4.78 is 29.0. The van der Waals surface area contributed by atoms with E-state index in [9.17, 15) is 45.3 Å². The first kappa shape index (κ1) is 31.4. The van der Waals surface area contributed by atoms with Gasteiger partial charge in [-0.25, -0.2) is 4.79 Å². The largest absolute Gasteiger partial charge is 0.394 e. The molecule has 0 spiro atoms. The monoisotopic (exact) mass is 591 g/mol. The van der Waals surface area contributed by atoms with Gasteiger partial charge in [0.2, 0.25) is 0 Å². The van der Waals surface area contributed by atoms with Gasteiger partial charge in [-0.3, -0.25) is 14.3 Å². The maximum absolute atomic E-state index is 12.2. The van der Waals surface area contributed by atoms with Gasteiger partial charge >= 0.3 is 5.69 Å². The smallest absolute Gasteiger partial charge is 0.330 e. The maximum Gasteiger partial charge on any atom is 0.330 e. The molecule has 0 saturated carbocycles. The zero-order valence-corrected chi connectivity index (χ0v) is 21.7. The van der Waals surface area contributed by atoms with E-state index in [-0.39, 0.29) is 18.6 Å². The second-order valence-electron chi connectivity index (χ2n) is 9.95. The van der Waals surface area contributed by atoms with Crippen molar-refractivity contribution in [3.8, 4) is 0 Å². The first-order valence-electron chi connectivity index (χ1n) is 12.7. The fourth-order valence-electron chi connectivity index (χ4n) is 4.90. The number of aromatic amines is 1. The number of hydrogen-bond donors (Lipinski definition) is 8. The number of aryl methyl sites for hydroxylation is 1. The molecular weight excluding hydrogens is 558 g/mol. The van der Waals surface area contributed by atoms with Crippen molar-refractivity contribution in [3.63, 3.8) is 0 Å².